The third-order valence-electron chi connectivity index (χ3n) is 6.07. The molecule has 0 saturated carbocycles. The number of aromatic nitrogens is 1. The van der Waals surface area contributed by atoms with Crippen LogP contribution in [0.4, 0.5) is 16.5 Å². The zero-order valence-corrected chi connectivity index (χ0v) is 20.8. The molecule has 0 radical (unpaired) electrons. The van der Waals surface area contributed by atoms with Crippen LogP contribution in [0.5, 0.6) is 5.75 Å². The summed E-state index contributed by atoms with van der Waals surface area (Å²) in [6.07, 6.45) is 2.36. The van der Waals surface area contributed by atoms with Crippen molar-refractivity contribution in [1.29, 1.82) is 0 Å². The molecular weight excluding hydrogens is 442 g/mol. The van der Waals surface area contributed by atoms with Gasteiger partial charge in [0.25, 0.3) is 12.4 Å². The number of ether oxygens (including phenoxy) is 1. The molecule has 2 aliphatic rings. The van der Waals surface area contributed by atoms with Crippen molar-refractivity contribution in [2.45, 2.75) is 25.8 Å². The summed E-state index contributed by atoms with van der Waals surface area (Å²) in [6.45, 7) is 5.25. The minimum absolute atomic E-state index is 0.000155. The highest BCUT2D eigenvalue weighted by Crippen LogP contribution is 2.41. The van der Waals surface area contributed by atoms with Crippen LogP contribution in [0, 0.1) is 6.92 Å². The summed E-state index contributed by atoms with van der Waals surface area (Å²) >= 11 is 1.45. The van der Waals surface area contributed by atoms with Gasteiger partial charge in [0.15, 0.2) is 5.13 Å². The number of aryl methyl sites for hydroxylation is 1. The van der Waals surface area contributed by atoms with Crippen LogP contribution in [-0.2, 0) is 4.79 Å². The molecule has 9 nitrogen and oxygen atoms in total. The molecule has 0 unspecified atom stereocenters. The smallest absolute Gasteiger partial charge is 0.290 e. The summed E-state index contributed by atoms with van der Waals surface area (Å²) in [5, 5.41) is 7.73. The van der Waals surface area contributed by atoms with Gasteiger partial charge < -0.3 is 29.4 Å². The molecule has 33 heavy (non-hydrogen) atoms. The van der Waals surface area contributed by atoms with Gasteiger partial charge >= 0.3 is 0 Å². The Hall–Kier alpha value is -2.85. The Morgan fingerprint density at radius 3 is 2.55 bits per heavy atom. The predicted molar refractivity (Wildman–Crippen MR) is 131 cm³/mol. The van der Waals surface area contributed by atoms with Crippen LogP contribution in [0.15, 0.2) is 18.2 Å². The normalized spacial score (nSPS) is 16.2. The van der Waals surface area contributed by atoms with Gasteiger partial charge in [-0.15, -0.1) is 0 Å². The maximum Gasteiger partial charge on any atom is 0.290 e. The molecule has 1 aromatic heterocycles. The van der Waals surface area contributed by atoms with E-state index in [1.54, 1.807) is 19.0 Å². The number of likely N-dealkylation sites (tertiary alicyclic amines) is 1. The molecule has 4 rings (SSSR count). The van der Waals surface area contributed by atoms with E-state index in [4.69, 9.17) is 19.6 Å². The van der Waals surface area contributed by atoms with E-state index in [-0.39, 0.29) is 12.4 Å². The monoisotopic (exact) mass is 475 g/mol. The van der Waals surface area contributed by atoms with Crippen molar-refractivity contribution in [3.63, 3.8) is 0 Å². The van der Waals surface area contributed by atoms with Crippen LogP contribution in [-0.4, -0.2) is 92.7 Å². The van der Waals surface area contributed by atoms with Crippen molar-refractivity contribution < 1.29 is 19.4 Å². The summed E-state index contributed by atoms with van der Waals surface area (Å²) in [6, 6.07) is 7.00. The minimum atomic E-state index is -0.250. The van der Waals surface area contributed by atoms with Crippen LogP contribution in [0.3, 0.4) is 0 Å². The molecule has 1 N–H and O–H groups in total. The minimum Gasteiger partial charge on any atom is -0.489 e. The first kappa shape index (κ1) is 24.8. The van der Waals surface area contributed by atoms with E-state index in [2.05, 4.69) is 47.0 Å². The average Bonchev–Trinajstić information content (AvgIpc) is 3.19. The number of hydrogen-bond donors (Lipinski definition) is 1. The topological polar surface area (TPSA) is 89.5 Å². The lowest BCUT2D eigenvalue weighted by Crippen LogP contribution is -2.42. The average molecular weight is 476 g/mol. The fourth-order valence-corrected chi connectivity index (χ4v) is 5.25. The standard InChI is InChI=1S/C22H31N5O2S.CH2O2/c1-15-20(21(28)24(2)3)30-22(23-15)27-12-13-29-19-14-17(6-7-18(19)27)26(5)16-8-10-25(4)11-9-16;2-1-3/h6-7,14,16H,8-13H2,1-5H3;1H,(H,2,3). The molecule has 1 fully saturated rings. The molecule has 0 aliphatic carbocycles. The third-order valence-corrected chi connectivity index (χ3v) is 7.23. The fraction of sp³-hybridized carbons (Fsp3) is 0.522. The fourth-order valence-electron chi connectivity index (χ4n) is 4.12. The quantitative estimate of drug-likeness (QED) is 0.676. The number of anilines is 3. The molecule has 2 aromatic rings. The number of amides is 1. The van der Waals surface area contributed by atoms with Crippen LogP contribution in [0.25, 0.3) is 0 Å². The van der Waals surface area contributed by atoms with E-state index in [1.807, 2.05) is 6.92 Å². The molecule has 180 valence electrons. The maximum atomic E-state index is 12.4. The van der Waals surface area contributed by atoms with Crippen molar-refractivity contribution in [2.75, 3.05) is 64.2 Å². The number of carboxylic acid groups (broad SMARTS) is 1. The van der Waals surface area contributed by atoms with E-state index in [0.717, 1.165) is 41.9 Å². The van der Waals surface area contributed by atoms with Gasteiger partial charge in [-0.3, -0.25) is 9.59 Å². The van der Waals surface area contributed by atoms with Crippen molar-refractivity contribution in [3.8, 4) is 5.75 Å². The summed E-state index contributed by atoms with van der Waals surface area (Å²) in [5.74, 6) is 0.881. The molecule has 10 heteroatoms. The molecule has 0 atom stereocenters. The summed E-state index contributed by atoms with van der Waals surface area (Å²) in [4.78, 5) is 34.7. The number of nitrogens with zero attached hydrogens (tertiary/aromatic N) is 5. The molecule has 1 aromatic carbocycles. The van der Waals surface area contributed by atoms with Gasteiger partial charge in [0.2, 0.25) is 0 Å². The summed E-state index contributed by atoms with van der Waals surface area (Å²) < 4.78 is 6.02. The molecule has 2 aliphatic heterocycles. The Kier molecular flexibility index (Phi) is 8.15. The van der Waals surface area contributed by atoms with E-state index in [1.165, 1.54) is 29.9 Å². The number of benzene rings is 1. The van der Waals surface area contributed by atoms with Gasteiger partial charge in [-0.05, 0) is 52.0 Å². The number of carbonyl (C=O) groups is 2. The van der Waals surface area contributed by atoms with E-state index >= 15 is 0 Å². The van der Waals surface area contributed by atoms with Crippen LogP contribution in [0.1, 0.15) is 28.2 Å². The van der Waals surface area contributed by atoms with Crippen LogP contribution >= 0.6 is 11.3 Å². The lowest BCUT2D eigenvalue weighted by atomic mass is 10.0. The highest BCUT2D eigenvalue weighted by molar-refractivity contribution is 7.17. The lowest BCUT2D eigenvalue weighted by Gasteiger charge is -2.37. The van der Waals surface area contributed by atoms with E-state index in [9.17, 15) is 4.79 Å². The zero-order valence-electron chi connectivity index (χ0n) is 19.9. The SMILES string of the molecule is Cc1nc(N2CCOc3cc(N(C)C4CCN(C)CC4)ccc32)sc1C(=O)N(C)C.O=CO. The first-order valence-electron chi connectivity index (χ1n) is 11.0. The number of hydrogen-bond acceptors (Lipinski definition) is 8. The number of rotatable bonds is 4. The summed E-state index contributed by atoms with van der Waals surface area (Å²) in [5.41, 5.74) is 2.98. The molecular formula is C23H33N5O4S. The number of piperidine rings is 1. The maximum absolute atomic E-state index is 12.4. The molecule has 0 spiro atoms. The van der Waals surface area contributed by atoms with Gasteiger partial charge in [0.05, 0.1) is 17.9 Å². The van der Waals surface area contributed by atoms with Gasteiger partial charge in [-0.25, -0.2) is 4.98 Å². The van der Waals surface area contributed by atoms with Crippen molar-refractivity contribution in [1.82, 2.24) is 14.8 Å². The Labute approximate surface area is 199 Å². The number of carbonyl (C=O) groups excluding carboxylic acids is 1. The lowest BCUT2D eigenvalue weighted by molar-refractivity contribution is -0.122. The molecule has 1 saturated heterocycles. The Balaban J connectivity index is 0.000000968. The predicted octanol–water partition coefficient (Wildman–Crippen LogP) is 2.92. The number of fused-ring (bicyclic) bond motifs is 1. The first-order valence-corrected chi connectivity index (χ1v) is 11.8. The second-order valence-corrected chi connectivity index (χ2v) is 9.49. The third kappa shape index (κ3) is 5.56. The Morgan fingerprint density at radius 2 is 1.91 bits per heavy atom. The zero-order chi connectivity index (χ0) is 24.1. The highest BCUT2D eigenvalue weighted by Gasteiger charge is 2.27. The molecule has 0 bridgehead atoms. The second-order valence-electron chi connectivity index (χ2n) is 8.51. The molecule has 1 amide bonds. The van der Waals surface area contributed by atoms with Crippen molar-refractivity contribution in [3.05, 3.63) is 28.8 Å². The van der Waals surface area contributed by atoms with Gasteiger partial charge in [-0.1, -0.05) is 11.3 Å². The number of thiazole rings is 1. The highest BCUT2D eigenvalue weighted by atomic mass is 32.1. The van der Waals surface area contributed by atoms with Crippen molar-refractivity contribution in [2.24, 2.45) is 0 Å². The van der Waals surface area contributed by atoms with E-state index < -0.39 is 0 Å². The first-order chi connectivity index (χ1) is 15.8. The van der Waals surface area contributed by atoms with Crippen LogP contribution < -0.4 is 14.5 Å². The van der Waals surface area contributed by atoms with Gasteiger partial charge in [0, 0.05) is 38.9 Å². The van der Waals surface area contributed by atoms with Crippen LogP contribution in [0.2, 0.25) is 0 Å². The largest absolute Gasteiger partial charge is 0.489 e. The van der Waals surface area contributed by atoms with Gasteiger partial charge in [-0.2, -0.15) is 0 Å². The second kappa shape index (κ2) is 10.8. The summed E-state index contributed by atoms with van der Waals surface area (Å²) in [7, 11) is 7.91. The van der Waals surface area contributed by atoms with E-state index in [0.29, 0.717) is 17.5 Å². The molecule has 3 heterocycles. The van der Waals surface area contributed by atoms with Crippen molar-refractivity contribution >= 4 is 40.2 Å². The Morgan fingerprint density at radius 1 is 1.24 bits per heavy atom. The van der Waals surface area contributed by atoms with Gasteiger partial charge in [0.1, 0.15) is 17.2 Å². The Bertz CT molecular complexity index is 972.